The molecule has 1 saturated heterocycles. The minimum absolute atomic E-state index is 0.199. The van der Waals surface area contributed by atoms with Crippen molar-refractivity contribution in [1.82, 2.24) is 9.80 Å². The molecule has 0 aliphatic carbocycles. The molecular formula is C15H15F6N3O4. The fourth-order valence-corrected chi connectivity index (χ4v) is 2.47. The van der Waals surface area contributed by atoms with Gasteiger partial charge in [-0.2, -0.15) is 0 Å². The number of aldehydes is 1. The first-order valence-corrected chi connectivity index (χ1v) is 7.84. The molecule has 0 bridgehead atoms. The minimum Gasteiger partial charge on any atom is -0.406 e. The summed E-state index contributed by atoms with van der Waals surface area (Å²) in [7, 11) is 0. The number of nitrogens with zero attached hydrogens (tertiary/aromatic N) is 2. The molecule has 0 spiro atoms. The summed E-state index contributed by atoms with van der Waals surface area (Å²) in [5.41, 5.74) is -0.374. The van der Waals surface area contributed by atoms with Gasteiger partial charge in [0.25, 0.3) is 0 Å². The first kappa shape index (κ1) is 21.6. The van der Waals surface area contributed by atoms with Gasteiger partial charge in [-0.15, -0.1) is 26.3 Å². The molecule has 1 N–H and O–H groups in total. The van der Waals surface area contributed by atoms with E-state index in [1.54, 1.807) is 4.90 Å². The molecule has 0 radical (unpaired) electrons. The summed E-state index contributed by atoms with van der Waals surface area (Å²) in [6.07, 6.45) is -9.58. The van der Waals surface area contributed by atoms with Crippen LogP contribution in [0, 0.1) is 0 Å². The van der Waals surface area contributed by atoms with Crippen LogP contribution in [0.25, 0.3) is 0 Å². The topological polar surface area (TPSA) is 71.1 Å². The van der Waals surface area contributed by atoms with Crippen LogP contribution in [0.15, 0.2) is 18.2 Å². The molecule has 0 aromatic heterocycles. The Morgan fingerprint density at radius 1 is 0.964 bits per heavy atom. The smallest absolute Gasteiger partial charge is 0.406 e. The maximum absolute atomic E-state index is 12.4. The summed E-state index contributed by atoms with van der Waals surface area (Å²) in [6.45, 7) is 1.44. The monoisotopic (exact) mass is 415 g/mol. The molecule has 2 amide bonds. The lowest BCUT2D eigenvalue weighted by molar-refractivity contribution is -0.276. The van der Waals surface area contributed by atoms with Crippen LogP contribution in [0.3, 0.4) is 0 Å². The van der Waals surface area contributed by atoms with Crippen LogP contribution in [0.4, 0.5) is 36.8 Å². The van der Waals surface area contributed by atoms with Crippen molar-refractivity contribution in [3.05, 3.63) is 18.2 Å². The highest BCUT2D eigenvalue weighted by Crippen LogP contribution is 2.33. The number of piperazine rings is 1. The summed E-state index contributed by atoms with van der Waals surface area (Å²) < 4.78 is 81.5. The van der Waals surface area contributed by atoms with Gasteiger partial charge < -0.3 is 24.5 Å². The van der Waals surface area contributed by atoms with Crippen LogP contribution in [0.1, 0.15) is 0 Å². The van der Waals surface area contributed by atoms with Gasteiger partial charge in [0.1, 0.15) is 17.8 Å². The van der Waals surface area contributed by atoms with E-state index in [1.165, 1.54) is 4.90 Å². The van der Waals surface area contributed by atoms with Crippen LogP contribution in [0.2, 0.25) is 0 Å². The van der Waals surface area contributed by atoms with Crippen molar-refractivity contribution in [2.24, 2.45) is 0 Å². The van der Waals surface area contributed by atoms with Crippen molar-refractivity contribution in [2.75, 3.05) is 38.0 Å². The Balaban J connectivity index is 2.12. The van der Waals surface area contributed by atoms with Gasteiger partial charge in [-0.1, -0.05) is 0 Å². The number of ether oxygens (including phenoxy) is 2. The second kappa shape index (κ2) is 8.54. The zero-order valence-corrected chi connectivity index (χ0v) is 14.1. The fraction of sp³-hybridized carbons (Fsp3) is 0.467. The molecule has 2 rings (SSSR count). The van der Waals surface area contributed by atoms with E-state index in [0.29, 0.717) is 25.4 Å². The van der Waals surface area contributed by atoms with Crippen LogP contribution in [0.5, 0.6) is 11.5 Å². The maximum atomic E-state index is 12.4. The molecule has 156 valence electrons. The first-order chi connectivity index (χ1) is 12.9. The Morgan fingerprint density at radius 2 is 1.46 bits per heavy atom. The molecule has 0 unspecified atom stereocenters. The standard InChI is InChI=1S/C15H15F6N3O4/c16-14(17,18)27-11-7-10(8-12(9-11)28-15(19,20)21)22-13(26)24-3-1-23(2-4-24)5-6-25/h6-9H,1-5H2,(H,22,26). The second-order valence-corrected chi connectivity index (χ2v) is 5.67. The van der Waals surface area contributed by atoms with Gasteiger partial charge in [0, 0.05) is 50.1 Å². The molecule has 7 nitrogen and oxygen atoms in total. The Bertz CT molecular complexity index is 668. The number of anilines is 1. The van der Waals surface area contributed by atoms with Crippen molar-refractivity contribution >= 4 is 18.0 Å². The van der Waals surface area contributed by atoms with Crippen LogP contribution < -0.4 is 14.8 Å². The van der Waals surface area contributed by atoms with Crippen molar-refractivity contribution < 1.29 is 45.4 Å². The molecule has 1 heterocycles. The number of carbonyl (C=O) groups is 2. The zero-order valence-electron chi connectivity index (χ0n) is 14.1. The van der Waals surface area contributed by atoms with Gasteiger partial charge in [0.2, 0.25) is 0 Å². The van der Waals surface area contributed by atoms with E-state index in [1.807, 2.05) is 0 Å². The molecule has 28 heavy (non-hydrogen) atoms. The predicted molar refractivity (Wildman–Crippen MR) is 82.9 cm³/mol. The average molecular weight is 415 g/mol. The molecule has 1 aromatic carbocycles. The van der Waals surface area contributed by atoms with E-state index in [0.717, 1.165) is 12.1 Å². The lowest BCUT2D eigenvalue weighted by atomic mass is 10.2. The number of rotatable bonds is 5. The summed E-state index contributed by atoms with van der Waals surface area (Å²) in [5, 5.41) is 2.22. The molecule has 1 aliphatic heterocycles. The lowest BCUT2D eigenvalue weighted by Crippen LogP contribution is -2.50. The summed E-state index contributed by atoms with van der Waals surface area (Å²) in [6, 6.07) is 1.11. The predicted octanol–water partition coefficient (Wildman–Crippen LogP) is 2.83. The number of nitrogens with one attached hydrogen (secondary N) is 1. The van der Waals surface area contributed by atoms with E-state index < -0.39 is 30.3 Å². The highest BCUT2D eigenvalue weighted by molar-refractivity contribution is 5.90. The van der Waals surface area contributed by atoms with Crippen molar-refractivity contribution in [3.8, 4) is 11.5 Å². The van der Waals surface area contributed by atoms with E-state index in [-0.39, 0.29) is 25.3 Å². The van der Waals surface area contributed by atoms with E-state index in [4.69, 9.17) is 0 Å². The van der Waals surface area contributed by atoms with E-state index in [9.17, 15) is 35.9 Å². The van der Waals surface area contributed by atoms with Crippen molar-refractivity contribution in [2.45, 2.75) is 12.7 Å². The normalized spacial score (nSPS) is 15.9. The van der Waals surface area contributed by atoms with Crippen molar-refractivity contribution in [1.29, 1.82) is 0 Å². The van der Waals surface area contributed by atoms with Crippen molar-refractivity contribution in [3.63, 3.8) is 0 Å². The van der Waals surface area contributed by atoms with E-state index in [2.05, 4.69) is 14.8 Å². The number of alkyl halides is 6. The number of urea groups is 1. The molecule has 1 aliphatic rings. The Labute approximate surface area is 154 Å². The lowest BCUT2D eigenvalue weighted by Gasteiger charge is -2.33. The number of amides is 2. The van der Waals surface area contributed by atoms with Crippen LogP contribution in [-0.4, -0.2) is 67.6 Å². The minimum atomic E-state index is -5.15. The fourth-order valence-electron chi connectivity index (χ4n) is 2.47. The summed E-state index contributed by atoms with van der Waals surface area (Å²) in [4.78, 5) is 25.8. The quantitative estimate of drug-likeness (QED) is 0.592. The molecular weight excluding hydrogens is 400 g/mol. The molecule has 1 fully saturated rings. The Hall–Kier alpha value is -2.70. The number of benzene rings is 1. The highest BCUT2D eigenvalue weighted by Gasteiger charge is 2.34. The molecule has 13 heteroatoms. The average Bonchev–Trinajstić information content (AvgIpc) is 2.52. The zero-order chi connectivity index (χ0) is 20.9. The number of halogens is 6. The third kappa shape index (κ3) is 7.13. The number of hydrogen-bond donors (Lipinski definition) is 1. The van der Waals surface area contributed by atoms with E-state index >= 15 is 0 Å². The molecule has 1 aromatic rings. The Morgan fingerprint density at radius 3 is 1.89 bits per heavy atom. The van der Waals surface area contributed by atoms with Crippen LogP contribution >= 0.6 is 0 Å². The molecule has 0 atom stereocenters. The summed E-state index contributed by atoms with van der Waals surface area (Å²) in [5.74, 6) is -1.97. The second-order valence-electron chi connectivity index (χ2n) is 5.67. The molecule has 0 saturated carbocycles. The van der Waals surface area contributed by atoms with Gasteiger partial charge in [-0.05, 0) is 0 Å². The van der Waals surface area contributed by atoms with Gasteiger partial charge in [-0.3, -0.25) is 4.90 Å². The van der Waals surface area contributed by atoms with Gasteiger partial charge in [-0.25, -0.2) is 4.79 Å². The SMILES string of the molecule is O=CCN1CCN(C(=O)Nc2cc(OC(F)(F)F)cc(OC(F)(F)F)c2)CC1. The summed E-state index contributed by atoms with van der Waals surface area (Å²) >= 11 is 0. The maximum Gasteiger partial charge on any atom is 0.573 e. The number of hydrogen-bond acceptors (Lipinski definition) is 5. The largest absolute Gasteiger partial charge is 0.573 e. The highest BCUT2D eigenvalue weighted by atomic mass is 19.4. The first-order valence-electron chi connectivity index (χ1n) is 7.84. The third-order valence-corrected chi connectivity index (χ3v) is 3.59. The third-order valence-electron chi connectivity index (χ3n) is 3.59. The number of carbonyl (C=O) groups excluding carboxylic acids is 2. The van der Waals surface area contributed by atoms with Gasteiger partial charge in [0.05, 0.1) is 6.54 Å². The van der Waals surface area contributed by atoms with Crippen LogP contribution in [-0.2, 0) is 4.79 Å². The van der Waals surface area contributed by atoms with Gasteiger partial charge >= 0.3 is 18.8 Å². The Kier molecular flexibility index (Phi) is 6.59. The van der Waals surface area contributed by atoms with Gasteiger partial charge in [0.15, 0.2) is 0 Å².